The number of carbonyl (C=O) groups is 3. The van der Waals surface area contributed by atoms with Crippen molar-refractivity contribution in [3.8, 4) is 11.1 Å². The minimum Gasteiger partial charge on any atom is -0.481 e. The van der Waals surface area contributed by atoms with E-state index < -0.39 is 30.4 Å². The van der Waals surface area contributed by atoms with Crippen LogP contribution < -0.4 is 10.6 Å². The summed E-state index contributed by atoms with van der Waals surface area (Å²) >= 11 is 0. The van der Waals surface area contributed by atoms with Crippen molar-refractivity contribution < 1.29 is 24.2 Å². The largest absolute Gasteiger partial charge is 0.481 e. The molecule has 0 saturated heterocycles. The van der Waals surface area contributed by atoms with Gasteiger partial charge in [-0.1, -0.05) is 48.5 Å². The summed E-state index contributed by atoms with van der Waals surface area (Å²) in [6.45, 7) is 4.01. The van der Waals surface area contributed by atoms with Crippen LogP contribution in [0, 0.1) is 13.8 Å². The van der Waals surface area contributed by atoms with Crippen LogP contribution >= 0.6 is 0 Å². The fraction of sp³-hybridized carbons (Fsp3) is 0.259. The molecule has 0 radical (unpaired) electrons. The molecular formula is C27H27N3O5. The predicted octanol–water partition coefficient (Wildman–Crippen LogP) is 3.70. The maximum Gasteiger partial charge on any atom is 0.407 e. The van der Waals surface area contributed by atoms with Crippen LogP contribution in [0.25, 0.3) is 11.1 Å². The van der Waals surface area contributed by atoms with Crippen LogP contribution in [0.5, 0.6) is 0 Å². The molecule has 1 aliphatic carbocycles. The van der Waals surface area contributed by atoms with Gasteiger partial charge in [0.15, 0.2) is 0 Å². The van der Waals surface area contributed by atoms with Gasteiger partial charge in [0.25, 0.3) is 0 Å². The first-order valence-electron chi connectivity index (χ1n) is 11.4. The Morgan fingerprint density at radius 3 is 2.26 bits per heavy atom. The molecule has 3 aromatic rings. The van der Waals surface area contributed by atoms with E-state index in [4.69, 9.17) is 4.74 Å². The van der Waals surface area contributed by atoms with E-state index >= 15 is 0 Å². The van der Waals surface area contributed by atoms with Crippen LogP contribution in [0.15, 0.2) is 60.8 Å². The third kappa shape index (κ3) is 5.48. The van der Waals surface area contributed by atoms with Gasteiger partial charge in [-0.2, -0.15) is 0 Å². The Labute approximate surface area is 203 Å². The summed E-state index contributed by atoms with van der Waals surface area (Å²) in [5, 5.41) is 14.3. The zero-order valence-corrected chi connectivity index (χ0v) is 19.6. The van der Waals surface area contributed by atoms with Crippen LogP contribution in [0.4, 0.5) is 4.79 Å². The van der Waals surface area contributed by atoms with E-state index in [0.717, 1.165) is 39.1 Å². The number of rotatable bonds is 8. The van der Waals surface area contributed by atoms with Gasteiger partial charge in [-0.15, -0.1) is 0 Å². The Morgan fingerprint density at radius 2 is 1.66 bits per heavy atom. The third-order valence-corrected chi connectivity index (χ3v) is 6.14. The van der Waals surface area contributed by atoms with Crippen LogP contribution in [0.2, 0.25) is 0 Å². The van der Waals surface area contributed by atoms with Gasteiger partial charge < -0.3 is 20.5 Å². The molecule has 1 heterocycles. The number of aliphatic carboxylic acids is 1. The standard InChI is InChI=1S/C27H27N3O5/c1-16-11-17(2)28-13-18(16)14-29-26(33)24(12-25(31)32)30-27(34)35-15-23-21-9-5-3-7-19(21)20-8-4-6-10-22(20)23/h3-11,13,23-24H,12,14-15H2,1-2H3,(H,29,33)(H,30,34)(H,31,32). The fourth-order valence-electron chi connectivity index (χ4n) is 4.38. The maximum atomic E-state index is 12.7. The number of amides is 2. The molecule has 0 fully saturated rings. The van der Waals surface area contributed by atoms with E-state index in [-0.39, 0.29) is 19.1 Å². The Balaban J connectivity index is 1.39. The second-order valence-electron chi connectivity index (χ2n) is 8.59. The van der Waals surface area contributed by atoms with Crippen LogP contribution in [0.3, 0.4) is 0 Å². The maximum absolute atomic E-state index is 12.7. The number of hydrogen-bond acceptors (Lipinski definition) is 5. The molecule has 0 spiro atoms. The van der Waals surface area contributed by atoms with E-state index in [1.165, 1.54) is 0 Å². The van der Waals surface area contributed by atoms with Gasteiger partial charge in [0, 0.05) is 24.4 Å². The number of fused-ring (bicyclic) bond motifs is 3. The van der Waals surface area contributed by atoms with Gasteiger partial charge in [0.05, 0.1) is 6.42 Å². The molecule has 2 amide bonds. The van der Waals surface area contributed by atoms with E-state index in [9.17, 15) is 19.5 Å². The molecular weight excluding hydrogens is 446 g/mol. The molecule has 35 heavy (non-hydrogen) atoms. The highest BCUT2D eigenvalue weighted by atomic mass is 16.5. The lowest BCUT2D eigenvalue weighted by Gasteiger charge is -2.19. The van der Waals surface area contributed by atoms with Crippen molar-refractivity contribution in [2.45, 2.75) is 38.8 Å². The first-order chi connectivity index (χ1) is 16.8. The molecule has 4 rings (SSSR count). The topological polar surface area (TPSA) is 118 Å². The molecule has 8 nitrogen and oxygen atoms in total. The average molecular weight is 474 g/mol. The van der Waals surface area contributed by atoms with Gasteiger partial charge in [0.1, 0.15) is 12.6 Å². The van der Waals surface area contributed by atoms with E-state index in [0.29, 0.717) is 0 Å². The van der Waals surface area contributed by atoms with Crippen molar-refractivity contribution in [2.24, 2.45) is 0 Å². The van der Waals surface area contributed by atoms with Gasteiger partial charge in [-0.25, -0.2) is 4.79 Å². The van der Waals surface area contributed by atoms with E-state index in [1.54, 1.807) is 6.20 Å². The quantitative estimate of drug-likeness (QED) is 0.459. The lowest BCUT2D eigenvalue weighted by atomic mass is 9.98. The second kappa shape index (κ2) is 10.4. The summed E-state index contributed by atoms with van der Waals surface area (Å²) in [6.07, 6.45) is 0.249. The zero-order valence-electron chi connectivity index (χ0n) is 19.6. The molecule has 1 atom stereocenters. The lowest BCUT2D eigenvalue weighted by Crippen LogP contribution is -2.48. The summed E-state index contributed by atoms with van der Waals surface area (Å²) in [4.78, 5) is 40.8. The second-order valence-corrected chi connectivity index (χ2v) is 8.59. The monoisotopic (exact) mass is 473 g/mol. The van der Waals surface area contributed by atoms with Gasteiger partial charge in [0.2, 0.25) is 5.91 Å². The number of nitrogens with one attached hydrogen (secondary N) is 2. The van der Waals surface area contributed by atoms with Crippen molar-refractivity contribution in [3.05, 3.63) is 88.7 Å². The number of ether oxygens (including phenoxy) is 1. The Kier molecular flexibility index (Phi) is 7.10. The summed E-state index contributed by atoms with van der Waals surface area (Å²) in [5.41, 5.74) is 6.93. The van der Waals surface area contributed by atoms with Crippen molar-refractivity contribution in [1.29, 1.82) is 0 Å². The van der Waals surface area contributed by atoms with Crippen molar-refractivity contribution in [2.75, 3.05) is 6.61 Å². The number of alkyl carbamates (subject to hydrolysis) is 1. The molecule has 0 saturated carbocycles. The minimum atomic E-state index is -1.28. The van der Waals surface area contributed by atoms with E-state index in [1.807, 2.05) is 68.4 Å². The smallest absolute Gasteiger partial charge is 0.407 e. The first kappa shape index (κ1) is 23.9. The Hall–Kier alpha value is -4.20. The van der Waals surface area contributed by atoms with Crippen molar-refractivity contribution >= 4 is 18.0 Å². The van der Waals surface area contributed by atoms with Crippen molar-refractivity contribution in [1.82, 2.24) is 15.6 Å². The highest BCUT2D eigenvalue weighted by Crippen LogP contribution is 2.44. The molecule has 1 aromatic heterocycles. The number of nitrogens with zero attached hydrogens (tertiary/aromatic N) is 1. The minimum absolute atomic E-state index is 0.0650. The SMILES string of the molecule is Cc1cc(C)c(CNC(=O)C(CC(=O)O)NC(=O)OCC2c3ccccc3-c3ccccc32)cn1. The van der Waals surface area contributed by atoms with Gasteiger partial charge in [-0.05, 0) is 53.3 Å². The number of aryl methyl sites for hydroxylation is 2. The molecule has 0 aliphatic heterocycles. The molecule has 180 valence electrons. The first-order valence-corrected chi connectivity index (χ1v) is 11.4. The molecule has 0 bridgehead atoms. The molecule has 1 unspecified atom stereocenters. The van der Waals surface area contributed by atoms with E-state index in [2.05, 4.69) is 15.6 Å². The normalized spacial score (nSPS) is 12.9. The molecule has 1 aliphatic rings. The predicted molar refractivity (Wildman–Crippen MR) is 130 cm³/mol. The van der Waals surface area contributed by atoms with Crippen LogP contribution in [0.1, 0.15) is 40.3 Å². The van der Waals surface area contributed by atoms with Gasteiger partial charge >= 0.3 is 12.1 Å². The Bertz CT molecular complexity index is 1230. The molecule has 3 N–H and O–H groups in total. The highest BCUT2D eigenvalue weighted by molar-refractivity contribution is 5.89. The number of aromatic nitrogens is 1. The average Bonchev–Trinajstić information content (AvgIpc) is 3.15. The number of carbonyl (C=O) groups excluding carboxylic acids is 2. The van der Waals surface area contributed by atoms with Crippen LogP contribution in [-0.4, -0.2) is 40.7 Å². The fourth-order valence-corrected chi connectivity index (χ4v) is 4.38. The van der Waals surface area contributed by atoms with Crippen molar-refractivity contribution in [3.63, 3.8) is 0 Å². The van der Waals surface area contributed by atoms with Crippen LogP contribution in [-0.2, 0) is 20.9 Å². The van der Waals surface area contributed by atoms with Gasteiger partial charge in [-0.3, -0.25) is 14.6 Å². The number of carboxylic acids is 1. The number of hydrogen-bond donors (Lipinski definition) is 3. The lowest BCUT2D eigenvalue weighted by molar-refractivity contribution is -0.139. The number of pyridine rings is 1. The summed E-state index contributed by atoms with van der Waals surface area (Å²) < 4.78 is 5.46. The number of benzene rings is 2. The molecule has 8 heteroatoms. The summed E-state index contributed by atoms with van der Waals surface area (Å²) in [7, 11) is 0. The summed E-state index contributed by atoms with van der Waals surface area (Å²) in [5.74, 6) is -1.96. The third-order valence-electron chi connectivity index (χ3n) is 6.14. The number of carboxylic acid groups (broad SMARTS) is 1. The Morgan fingerprint density at radius 1 is 1.03 bits per heavy atom. The highest BCUT2D eigenvalue weighted by Gasteiger charge is 2.30. The zero-order chi connectivity index (χ0) is 24.9. The summed E-state index contributed by atoms with van der Waals surface area (Å²) in [6, 6.07) is 16.5. The molecule has 2 aromatic carbocycles.